The highest BCUT2D eigenvalue weighted by atomic mass is 79.9. The van der Waals surface area contributed by atoms with E-state index in [4.69, 9.17) is 4.74 Å². The Labute approximate surface area is 97.9 Å². The van der Waals surface area contributed by atoms with Crippen LogP contribution < -0.4 is 10.1 Å². The van der Waals surface area contributed by atoms with Crippen molar-refractivity contribution in [2.24, 2.45) is 0 Å². The fourth-order valence-corrected chi connectivity index (χ4v) is 1.07. The first-order chi connectivity index (χ1) is 7.08. The van der Waals surface area contributed by atoms with E-state index in [0.717, 1.165) is 10.3 Å². The number of halogens is 1. The van der Waals surface area contributed by atoms with Gasteiger partial charge in [-0.25, -0.2) is 9.97 Å². The number of aromatic nitrogens is 2. The third-order valence-corrected chi connectivity index (χ3v) is 1.74. The van der Waals surface area contributed by atoms with Gasteiger partial charge in [0, 0.05) is 17.1 Å². The molecule has 0 atom stereocenters. The van der Waals surface area contributed by atoms with Gasteiger partial charge in [-0.05, 0) is 13.8 Å². The number of nitrogens with zero attached hydrogens (tertiary/aromatic N) is 2. The van der Waals surface area contributed by atoms with Crippen molar-refractivity contribution in [3.05, 3.63) is 23.5 Å². The molecule has 0 unspecified atom stereocenters. The van der Waals surface area contributed by atoms with Crippen molar-refractivity contribution in [2.75, 3.05) is 11.9 Å². The van der Waals surface area contributed by atoms with E-state index in [-0.39, 0.29) is 6.10 Å². The Bertz CT molecular complexity index is 341. The fraction of sp³-hybridized carbons (Fsp3) is 0.400. The van der Waals surface area contributed by atoms with Crippen LogP contribution in [0.5, 0.6) is 5.88 Å². The number of hydrogen-bond donors (Lipinski definition) is 1. The molecule has 0 saturated heterocycles. The zero-order valence-corrected chi connectivity index (χ0v) is 10.4. The molecule has 0 radical (unpaired) electrons. The lowest BCUT2D eigenvalue weighted by atomic mass is 10.4. The monoisotopic (exact) mass is 271 g/mol. The summed E-state index contributed by atoms with van der Waals surface area (Å²) in [5.74, 6) is 1.30. The minimum Gasteiger partial charge on any atom is -0.475 e. The molecule has 0 aliphatic heterocycles. The molecule has 1 rings (SSSR count). The Balaban J connectivity index is 2.61. The lowest BCUT2D eigenvalue weighted by Gasteiger charge is -2.09. The van der Waals surface area contributed by atoms with Crippen LogP contribution in [0.4, 0.5) is 5.82 Å². The van der Waals surface area contributed by atoms with E-state index in [1.165, 1.54) is 6.33 Å². The maximum atomic E-state index is 5.44. The highest BCUT2D eigenvalue weighted by Crippen LogP contribution is 2.13. The van der Waals surface area contributed by atoms with Crippen LogP contribution in [0.15, 0.2) is 23.5 Å². The molecule has 0 amide bonds. The Kier molecular flexibility index (Phi) is 4.55. The Hall–Kier alpha value is -1.10. The largest absolute Gasteiger partial charge is 0.475 e. The van der Waals surface area contributed by atoms with Crippen molar-refractivity contribution in [1.82, 2.24) is 9.97 Å². The maximum Gasteiger partial charge on any atom is 0.218 e. The van der Waals surface area contributed by atoms with E-state index >= 15 is 0 Å². The molecular formula is C10H14BrN3O. The maximum absolute atomic E-state index is 5.44. The quantitative estimate of drug-likeness (QED) is 0.895. The topological polar surface area (TPSA) is 47.0 Å². The molecule has 4 nitrogen and oxygen atoms in total. The van der Waals surface area contributed by atoms with Crippen molar-refractivity contribution in [3.8, 4) is 5.88 Å². The summed E-state index contributed by atoms with van der Waals surface area (Å²) in [6, 6.07) is 1.76. The zero-order chi connectivity index (χ0) is 11.3. The Morgan fingerprint density at radius 3 is 2.93 bits per heavy atom. The van der Waals surface area contributed by atoms with Crippen molar-refractivity contribution < 1.29 is 4.74 Å². The number of anilines is 1. The van der Waals surface area contributed by atoms with E-state index in [0.29, 0.717) is 12.4 Å². The minimum absolute atomic E-state index is 0.110. The van der Waals surface area contributed by atoms with E-state index in [1.807, 2.05) is 13.8 Å². The summed E-state index contributed by atoms with van der Waals surface area (Å²) in [7, 11) is 0. The van der Waals surface area contributed by atoms with Gasteiger partial charge in [0.15, 0.2) is 0 Å². The molecule has 0 aliphatic rings. The van der Waals surface area contributed by atoms with Crippen LogP contribution in [0.1, 0.15) is 13.8 Å². The van der Waals surface area contributed by atoms with Crippen LogP contribution in [0.2, 0.25) is 0 Å². The van der Waals surface area contributed by atoms with Crippen LogP contribution in [0.3, 0.4) is 0 Å². The molecule has 0 aromatic carbocycles. The van der Waals surface area contributed by atoms with Gasteiger partial charge in [0.2, 0.25) is 5.88 Å². The molecule has 82 valence electrons. The summed E-state index contributed by atoms with van der Waals surface area (Å²) in [6.07, 6.45) is 1.58. The number of ether oxygens (including phenoxy) is 1. The summed E-state index contributed by atoms with van der Waals surface area (Å²) >= 11 is 3.26. The van der Waals surface area contributed by atoms with Gasteiger partial charge in [-0.1, -0.05) is 22.5 Å². The lowest BCUT2D eigenvalue weighted by Crippen LogP contribution is -2.08. The van der Waals surface area contributed by atoms with Crippen molar-refractivity contribution >= 4 is 21.7 Å². The van der Waals surface area contributed by atoms with Gasteiger partial charge >= 0.3 is 0 Å². The molecule has 5 heteroatoms. The second-order valence-corrected chi connectivity index (χ2v) is 4.40. The van der Waals surface area contributed by atoms with Gasteiger partial charge in [0.1, 0.15) is 12.1 Å². The number of hydrogen-bond acceptors (Lipinski definition) is 4. The van der Waals surface area contributed by atoms with Gasteiger partial charge in [-0.3, -0.25) is 0 Å². The number of nitrogens with one attached hydrogen (secondary N) is 1. The summed E-state index contributed by atoms with van der Waals surface area (Å²) < 4.78 is 6.30. The van der Waals surface area contributed by atoms with Crippen LogP contribution in [-0.2, 0) is 0 Å². The smallest absolute Gasteiger partial charge is 0.218 e. The highest BCUT2D eigenvalue weighted by molar-refractivity contribution is 9.11. The van der Waals surface area contributed by atoms with Gasteiger partial charge in [-0.2, -0.15) is 0 Å². The summed E-state index contributed by atoms with van der Waals surface area (Å²) in [4.78, 5) is 8.05. The summed E-state index contributed by atoms with van der Waals surface area (Å²) in [5.41, 5.74) is 0. The van der Waals surface area contributed by atoms with Crippen LogP contribution in [-0.4, -0.2) is 22.6 Å². The van der Waals surface area contributed by atoms with Crippen LogP contribution >= 0.6 is 15.9 Å². The molecule has 0 aliphatic carbocycles. The molecule has 0 bridgehead atoms. The van der Waals surface area contributed by atoms with Crippen LogP contribution in [0, 0.1) is 0 Å². The first-order valence-corrected chi connectivity index (χ1v) is 5.43. The predicted molar refractivity (Wildman–Crippen MR) is 64.4 cm³/mol. The lowest BCUT2D eigenvalue weighted by molar-refractivity contribution is 0.232. The number of rotatable bonds is 5. The first-order valence-electron chi connectivity index (χ1n) is 4.64. The normalized spacial score (nSPS) is 10.1. The Morgan fingerprint density at radius 1 is 1.60 bits per heavy atom. The molecule has 1 N–H and O–H groups in total. The third kappa shape index (κ3) is 4.78. The van der Waals surface area contributed by atoms with Gasteiger partial charge in [0.25, 0.3) is 0 Å². The van der Waals surface area contributed by atoms with Gasteiger partial charge in [0.05, 0.1) is 6.10 Å². The predicted octanol–water partition coefficient (Wildman–Crippen LogP) is 2.58. The molecule has 15 heavy (non-hydrogen) atoms. The highest BCUT2D eigenvalue weighted by Gasteiger charge is 2.01. The van der Waals surface area contributed by atoms with Crippen molar-refractivity contribution in [3.63, 3.8) is 0 Å². The van der Waals surface area contributed by atoms with E-state index in [2.05, 4.69) is 37.8 Å². The standard InChI is InChI=1S/C10H14BrN3O/c1-7(2)15-10-4-9(13-6-14-10)12-5-8(3)11/h4,6-7H,3,5H2,1-2H3,(H,12,13,14). The molecule has 1 aromatic rings. The van der Waals surface area contributed by atoms with Crippen molar-refractivity contribution in [1.29, 1.82) is 0 Å². The van der Waals surface area contributed by atoms with Crippen molar-refractivity contribution in [2.45, 2.75) is 20.0 Å². The molecule has 1 heterocycles. The molecular weight excluding hydrogens is 258 g/mol. The van der Waals surface area contributed by atoms with E-state index < -0.39 is 0 Å². The molecule has 0 fully saturated rings. The Morgan fingerprint density at radius 2 is 2.33 bits per heavy atom. The van der Waals surface area contributed by atoms with E-state index in [1.54, 1.807) is 6.07 Å². The summed E-state index contributed by atoms with van der Waals surface area (Å²) in [6.45, 7) is 8.25. The minimum atomic E-state index is 0.110. The second kappa shape index (κ2) is 5.70. The second-order valence-electron chi connectivity index (χ2n) is 3.28. The zero-order valence-electron chi connectivity index (χ0n) is 8.83. The van der Waals surface area contributed by atoms with E-state index in [9.17, 15) is 0 Å². The van der Waals surface area contributed by atoms with Gasteiger partial charge < -0.3 is 10.1 Å². The molecule has 0 saturated carbocycles. The average molecular weight is 272 g/mol. The molecule has 0 spiro atoms. The van der Waals surface area contributed by atoms with Crippen LogP contribution in [0.25, 0.3) is 0 Å². The molecule has 1 aromatic heterocycles. The summed E-state index contributed by atoms with van der Waals surface area (Å²) in [5, 5.41) is 3.08. The third-order valence-electron chi connectivity index (χ3n) is 1.46. The fourth-order valence-electron chi connectivity index (χ4n) is 0.929. The first kappa shape index (κ1) is 12.0. The van der Waals surface area contributed by atoms with Gasteiger partial charge in [-0.15, -0.1) is 0 Å². The average Bonchev–Trinajstić information content (AvgIpc) is 2.14. The SMILES string of the molecule is C=C(Br)CNc1cc(OC(C)C)ncn1.